The van der Waals surface area contributed by atoms with Gasteiger partial charge in [-0.3, -0.25) is 9.78 Å². The van der Waals surface area contributed by atoms with Gasteiger partial charge in [0.05, 0.1) is 6.61 Å². The Kier molecular flexibility index (Phi) is 4.42. The molecule has 4 nitrogen and oxygen atoms in total. The lowest BCUT2D eigenvalue weighted by atomic mass is 10.1. The van der Waals surface area contributed by atoms with Crippen LogP contribution in [0, 0.1) is 0 Å². The Morgan fingerprint density at radius 1 is 1.48 bits per heavy atom. The molecule has 0 N–H and O–H groups in total. The fourth-order valence-corrected chi connectivity index (χ4v) is 2.64. The van der Waals surface area contributed by atoms with E-state index in [-0.39, 0.29) is 11.9 Å². The Labute approximate surface area is 135 Å². The number of hydrogen-bond donors (Lipinski definition) is 0. The van der Waals surface area contributed by atoms with Gasteiger partial charge in [-0.05, 0) is 50.3 Å². The van der Waals surface area contributed by atoms with Gasteiger partial charge in [-0.15, -0.1) is 0 Å². The largest absolute Gasteiger partial charge is 0.493 e. The maximum atomic E-state index is 12.2. The fraction of sp³-hybridized carbons (Fsp3) is 0.263. The monoisotopic (exact) mass is 309 g/mol. The Bertz CT molecular complexity index is 738. The van der Waals surface area contributed by atoms with Crippen LogP contribution in [0.15, 0.2) is 42.7 Å². The summed E-state index contributed by atoms with van der Waals surface area (Å²) in [5.74, 6) is 1.56. The van der Waals surface area contributed by atoms with Crippen LogP contribution >= 0.6 is 0 Å². The molecule has 0 bridgehead atoms. The van der Waals surface area contributed by atoms with E-state index < -0.39 is 0 Å². The topological polar surface area (TPSA) is 48.4 Å². The number of ketones is 1. The summed E-state index contributed by atoms with van der Waals surface area (Å²) in [7, 11) is 0. The van der Waals surface area contributed by atoms with E-state index in [0.29, 0.717) is 12.2 Å². The van der Waals surface area contributed by atoms with E-state index in [1.165, 1.54) is 0 Å². The number of hydrogen-bond acceptors (Lipinski definition) is 4. The molecule has 1 aromatic heterocycles. The van der Waals surface area contributed by atoms with Gasteiger partial charge in [-0.2, -0.15) is 0 Å². The molecule has 0 radical (unpaired) electrons. The molecule has 0 saturated carbocycles. The number of carbonyl (C=O) groups excluding carboxylic acids is 1. The number of nitrogens with zero attached hydrogens (tertiary/aromatic N) is 1. The fourth-order valence-electron chi connectivity index (χ4n) is 2.64. The molecule has 2 aromatic rings. The molecule has 0 fully saturated rings. The number of pyridine rings is 1. The first kappa shape index (κ1) is 15.3. The highest BCUT2D eigenvalue weighted by Crippen LogP contribution is 2.35. The van der Waals surface area contributed by atoms with Crippen LogP contribution in [0.5, 0.6) is 11.5 Å². The van der Waals surface area contributed by atoms with Gasteiger partial charge in [-0.25, -0.2) is 0 Å². The van der Waals surface area contributed by atoms with Crippen molar-refractivity contribution in [2.75, 3.05) is 6.61 Å². The average Bonchev–Trinajstić information content (AvgIpc) is 2.92. The summed E-state index contributed by atoms with van der Waals surface area (Å²) in [6.45, 7) is 4.56. The molecule has 0 saturated heterocycles. The maximum Gasteiger partial charge on any atom is 0.187 e. The van der Waals surface area contributed by atoms with Crippen LogP contribution in [0.1, 0.15) is 35.3 Å². The molecule has 1 aromatic carbocycles. The molecule has 0 amide bonds. The van der Waals surface area contributed by atoms with Crippen LogP contribution in [-0.4, -0.2) is 23.5 Å². The van der Waals surface area contributed by atoms with E-state index in [1.807, 2.05) is 26.0 Å². The first-order chi connectivity index (χ1) is 11.2. The molecule has 1 aliphatic rings. The van der Waals surface area contributed by atoms with Gasteiger partial charge < -0.3 is 9.47 Å². The first-order valence-electron chi connectivity index (χ1n) is 7.76. The highest BCUT2D eigenvalue weighted by Gasteiger charge is 2.21. The number of allylic oxidation sites excluding steroid dienone is 1. The van der Waals surface area contributed by atoms with Gasteiger partial charge in [0.25, 0.3) is 0 Å². The molecule has 1 aliphatic heterocycles. The minimum absolute atomic E-state index is 0.0877. The van der Waals surface area contributed by atoms with Crippen molar-refractivity contribution in [3.63, 3.8) is 0 Å². The number of benzene rings is 1. The summed E-state index contributed by atoms with van der Waals surface area (Å²) in [4.78, 5) is 16.1. The van der Waals surface area contributed by atoms with Crippen molar-refractivity contribution >= 4 is 11.9 Å². The number of carbonyl (C=O) groups is 1. The summed E-state index contributed by atoms with van der Waals surface area (Å²) in [6.07, 6.45) is 7.58. The van der Waals surface area contributed by atoms with Gasteiger partial charge in [-0.1, -0.05) is 0 Å². The number of ether oxygens (including phenoxy) is 2. The molecule has 1 atom stereocenters. The third kappa shape index (κ3) is 3.42. The Morgan fingerprint density at radius 2 is 2.35 bits per heavy atom. The molecule has 23 heavy (non-hydrogen) atoms. The van der Waals surface area contributed by atoms with Crippen LogP contribution in [-0.2, 0) is 6.42 Å². The van der Waals surface area contributed by atoms with E-state index >= 15 is 0 Å². The van der Waals surface area contributed by atoms with E-state index in [0.717, 1.165) is 29.0 Å². The predicted octanol–water partition coefficient (Wildman–Crippen LogP) is 3.70. The molecule has 118 valence electrons. The molecular weight excluding hydrogens is 290 g/mol. The molecule has 0 spiro atoms. The second-order valence-electron chi connectivity index (χ2n) is 5.50. The normalized spacial score (nSPS) is 16.2. The third-order valence-electron chi connectivity index (χ3n) is 3.69. The van der Waals surface area contributed by atoms with Crippen LogP contribution in [0.2, 0.25) is 0 Å². The first-order valence-corrected chi connectivity index (χ1v) is 7.76. The van der Waals surface area contributed by atoms with Gasteiger partial charge in [0.15, 0.2) is 5.78 Å². The van der Waals surface area contributed by atoms with E-state index in [2.05, 4.69) is 4.98 Å². The van der Waals surface area contributed by atoms with Crippen LogP contribution in [0.4, 0.5) is 0 Å². The van der Waals surface area contributed by atoms with Gasteiger partial charge in [0.2, 0.25) is 0 Å². The molecule has 3 rings (SSSR count). The van der Waals surface area contributed by atoms with E-state index in [1.54, 1.807) is 36.7 Å². The summed E-state index contributed by atoms with van der Waals surface area (Å²) in [6, 6.07) is 7.45. The van der Waals surface area contributed by atoms with Gasteiger partial charge >= 0.3 is 0 Å². The van der Waals surface area contributed by atoms with Crippen molar-refractivity contribution in [3.8, 4) is 11.5 Å². The second kappa shape index (κ2) is 6.65. The van der Waals surface area contributed by atoms with Gasteiger partial charge in [0.1, 0.15) is 17.6 Å². The quantitative estimate of drug-likeness (QED) is 0.624. The highest BCUT2D eigenvalue weighted by molar-refractivity contribution is 6.06. The number of fused-ring (bicyclic) bond motifs is 1. The molecule has 2 heterocycles. The zero-order chi connectivity index (χ0) is 16.2. The van der Waals surface area contributed by atoms with Crippen molar-refractivity contribution in [2.24, 2.45) is 0 Å². The summed E-state index contributed by atoms with van der Waals surface area (Å²) >= 11 is 0. The SMILES string of the molecule is CCOc1cc2c(cc1/C=C/C(=O)c1cccnc1)O[C@@H](C)C2. The average molecular weight is 309 g/mol. The summed E-state index contributed by atoms with van der Waals surface area (Å²) in [5, 5.41) is 0. The molecule has 4 heteroatoms. The molecule has 0 aliphatic carbocycles. The minimum Gasteiger partial charge on any atom is -0.493 e. The smallest absolute Gasteiger partial charge is 0.187 e. The second-order valence-corrected chi connectivity index (χ2v) is 5.50. The van der Waals surface area contributed by atoms with Crippen LogP contribution in [0.25, 0.3) is 6.08 Å². The number of rotatable bonds is 5. The zero-order valence-corrected chi connectivity index (χ0v) is 13.3. The van der Waals surface area contributed by atoms with Crippen molar-refractivity contribution in [3.05, 3.63) is 59.4 Å². The van der Waals surface area contributed by atoms with E-state index in [4.69, 9.17) is 9.47 Å². The van der Waals surface area contributed by atoms with Crippen LogP contribution in [0.3, 0.4) is 0 Å². The number of aromatic nitrogens is 1. The standard InChI is InChI=1S/C19H19NO3/c1-3-22-18-11-16-9-13(2)23-19(16)10-14(18)6-7-17(21)15-5-4-8-20-12-15/h4-8,10-13H,3,9H2,1-2H3/b7-6+/t13-/m0/s1. The predicted molar refractivity (Wildman–Crippen MR) is 89.0 cm³/mol. The summed E-state index contributed by atoms with van der Waals surface area (Å²) < 4.78 is 11.5. The summed E-state index contributed by atoms with van der Waals surface area (Å²) in [5.41, 5.74) is 2.56. The lowest BCUT2D eigenvalue weighted by molar-refractivity contribution is 0.104. The lowest BCUT2D eigenvalue weighted by Crippen LogP contribution is -2.05. The van der Waals surface area contributed by atoms with Gasteiger partial charge in [0, 0.05) is 35.5 Å². The lowest BCUT2D eigenvalue weighted by Gasteiger charge is -2.10. The molecule has 0 unspecified atom stereocenters. The zero-order valence-electron chi connectivity index (χ0n) is 13.3. The Balaban J connectivity index is 1.88. The minimum atomic E-state index is -0.0877. The van der Waals surface area contributed by atoms with Crippen molar-refractivity contribution in [1.82, 2.24) is 4.98 Å². The van der Waals surface area contributed by atoms with Crippen LogP contribution < -0.4 is 9.47 Å². The van der Waals surface area contributed by atoms with E-state index in [9.17, 15) is 4.79 Å². The molecular formula is C19H19NO3. The Morgan fingerprint density at radius 3 is 3.09 bits per heavy atom. The van der Waals surface area contributed by atoms with Crippen molar-refractivity contribution in [2.45, 2.75) is 26.4 Å². The maximum absolute atomic E-state index is 12.2. The van der Waals surface area contributed by atoms with Crippen molar-refractivity contribution < 1.29 is 14.3 Å². The third-order valence-corrected chi connectivity index (χ3v) is 3.69. The Hall–Kier alpha value is -2.62. The van der Waals surface area contributed by atoms with Crippen molar-refractivity contribution in [1.29, 1.82) is 0 Å². The highest BCUT2D eigenvalue weighted by atomic mass is 16.5.